The van der Waals surface area contributed by atoms with E-state index in [0.29, 0.717) is 12.1 Å². The zero-order valence-electron chi connectivity index (χ0n) is 24.4. The fraction of sp³-hybridized carbons (Fsp3) is 0.139. The molecular weight excluding hydrogens is 568 g/mol. The van der Waals surface area contributed by atoms with Gasteiger partial charge in [-0.05, 0) is 76.2 Å². The number of nitrogens with one attached hydrogen (secondary N) is 1. The number of hydrogen-bond donors (Lipinski definition) is 1. The molecule has 7 rings (SSSR count). The molecule has 0 saturated carbocycles. The molecule has 0 fully saturated rings. The van der Waals surface area contributed by atoms with Crippen LogP contribution in [0.4, 0.5) is 0 Å². The lowest BCUT2D eigenvalue weighted by molar-refractivity contribution is 0.0951. The predicted octanol–water partition coefficient (Wildman–Crippen LogP) is 7.16. The number of pyridine rings is 1. The summed E-state index contributed by atoms with van der Waals surface area (Å²) in [5.41, 5.74) is 10.6. The van der Waals surface area contributed by atoms with Gasteiger partial charge in [0.25, 0.3) is 5.91 Å². The first-order valence-electron chi connectivity index (χ1n) is 14.3. The number of rotatable bonds is 9. The molecule has 0 spiro atoms. The van der Waals surface area contributed by atoms with Gasteiger partial charge < -0.3 is 14.8 Å². The average molecular weight is 599 g/mol. The second kappa shape index (κ2) is 11.8. The van der Waals surface area contributed by atoms with E-state index >= 15 is 0 Å². The first kappa shape index (κ1) is 27.6. The van der Waals surface area contributed by atoms with Gasteiger partial charge in [-0.1, -0.05) is 36.4 Å². The molecule has 0 aliphatic heterocycles. The minimum Gasteiger partial charge on any atom is -0.497 e. The normalized spacial score (nSPS) is 11.7. The van der Waals surface area contributed by atoms with Gasteiger partial charge in [0.2, 0.25) is 0 Å². The molecular formula is C36H30N4O3S. The van der Waals surface area contributed by atoms with Crippen LogP contribution in [0.3, 0.4) is 0 Å². The monoisotopic (exact) mass is 598 g/mol. The second-order valence-electron chi connectivity index (χ2n) is 10.7. The van der Waals surface area contributed by atoms with Crippen molar-refractivity contribution >= 4 is 17.2 Å². The van der Waals surface area contributed by atoms with Crippen molar-refractivity contribution in [2.24, 2.45) is 0 Å². The predicted molar refractivity (Wildman–Crippen MR) is 172 cm³/mol. The maximum Gasteiger partial charge on any atom is 0.251 e. The minimum atomic E-state index is -0.200. The SMILES string of the molecule is COc1ccc(C(c2ccc(OC)cc2)n2nc(-c3ccsc3)c3c2-c2cc(CNC(=O)c4ccncc4)ccc2C3)cc1. The molecule has 0 unspecified atom stereocenters. The third kappa shape index (κ3) is 5.14. The van der Waals surface area contributed by atoms with Crippen molar-refractivity contribution in [3.63, 3.8) is 0 Å². The van der Waals surface area contributed by atoms with Crippen LogP contribution < -0.4 is 14.8 Å². The lowest BCUT2D eigenvalue weighted by Gasteiger charge is -2.22. The smallest absolute Gasteiger partial charge is 0.251 e. The van der Waals surface area contributed by atoms with Gasteiger partial charge in [-0.25, -0.2) is 0 Å². The number of ether oxygens (including phenoxy) is 2. The van der Waals surface area contributed by atoms with Crippen molar-refractivity contribution in [2.75, 3.05) is 14.2 Å². The Morgan fingerprint density at radius 3 is 2.20 bits per heavy atom. The summed E-state index contributed by atoms with van der Waals surface area (Å²) in [7, 11) is 3.36. The molecule has 0 radical (unpaired) electrons. The van der Waals surface area contributed by atoms with Crippen LogP contribution in [0.1, 0.15) is 44.2 Å². The number of fused-ring (bicyclic) bond motifs is 3. The molecule has 0 saturated heterocycles. The van der Waals surface area contributed by atoms with Gasteiger partial charge in [0.15, 0.2) is 0 Å². The number of aromatic nitrogens is 3. The average Bonchev–Trinajstić information content (AvgIpc) is 3.82. The zero-order valence-corrected chi connectivity index (χ0v) is 25.2. The van der Waals surface area contributed by atoms with Crippen LogP contribution >= 0.6 is 11.3 Å². The van der Waals surface area contributed by atoms with Crippen molar-refractivity contribution in [3.8, 4) is 34.0 Å². The highest BCUT2D eigenvalue weighted by Crippen LogP contribution is 2.45. The van der Waals surface area contributed by atoms with Crippen LogP contribution in [-0.2, 0) is 13.0 Å². The third-order valence-corrected chi connectivity index (χ3v) is 8.79. The summed E-state index contributed by atoms with van der Waals surface area (Å²) in [6.07, 6.45) is 4.04. The Morgan fingerprint density at radius 2 is 1.59 bits per heavy atom. The summed E-state index contributed by atoms with van der Waals surface area (Å²) in [6.45, 7) is 0.412. The quantitative estimate of drug-likeness (QED) is 0.191. The molecule has 1 aliphatic rings. The number of thiophene rings is 1. The van der Waals surface area contributed by atoms with Crippen LogP contribution in [-0.4, -0.2) is 34.9 Å². The summed E-state index contributed by atoms with van der Waals surface area (Å²) in [6, 6.07) is 28.2. The van der Waals surface area contributed by atoms with E-state index in [1.807, 2.05) is 24.3 Å². The Labute approximate surface area is 259 Å². The van der Waals surface area contributed by atoms with Gasteiger partial charge in [0.1, 0.15) is 17.5 Å². The van der Waals surface area contributed by atoms with E-state index in [1.54, 1.807) is 50.1 Å². The summed E-state index contributed by atoms with van der Waals surface area (Å²) < 4.78 is 13.1. The molecule has 0 atom stereocenters. The van der Waals surface area contributed by atoms with E-state index < -0.39 is 0 Å². The Morgan fingerprint density at radius 1 is 0.909 bits per heavy atom. The molecule has 44 heavy (non-hydrogen) atoms. The molecule has 1 amide bonds. The van der Waals surface area contributed by atoms with Crippen molar-refractivity contribution in [3.05, 3.63) is 141 Å². The minimum absolute atomic E-state index is 0.127. The number of carbonyl (C=O) groups is 1. The van der Waals surface area contributed by atoms with E-state index in [9.17, 15) is 4.79 Å². The summed E-state index contributed by atoms with van der Waals surface area (Å²) in [5.74, 6) is 1.48. The molecule has 3 aromatic carbocycles. The van der Waals surface area contributed by atoms with Crippen molar-refractivity contribution in [1.82, 2.24) is 20.1 Å². The fourth-order valence-electron chi connectivity index (χ4n) is 5.87. The molecule has 6 aromatic rings. The van der Waals surface area contributed by atoms with Gasteiger partial charge in [0, 0.05) is 53.0 Å². The fourth-order valence-corrected chi connectivity index (χ4v) is 6.51. The molecule has 1 aliphatic carbocycles. The molecule has 8 heteroatoms. The highest BCUT2D eigenvalue weighted by atomic mass is 32.1. The van der Waals surface area contributed by atoms with Gasteiger partial charge in [-0.3, -0.25) is 14.5 Å². The number of carbonyl (C=O) groups excluding carboxylic acids is 1. The number of amides is 1. The topological polar surface area (TPSA) is 78.3 Å². The highest BCUT2D eigenvalue weighted by Gasteiger charge is 2.32. The second-order valence-corrected chi connectivity index (χ2v) is 11.4. The van der Waals surface area contributed by atoms with Crippen LogP contribution in [0.2, 0.25) is 0 Å². The van der Waals surface area contributed by atoms with E-state index in [0.717, 1.165) is 57.1 Å². The Kier molecular flexibility index (Phi) is 7.42. The molecule has 3 heterocycles. The Hall–Kier alpha value is -5.21. The van der Waals surface area contributed by atoms with E-state index in [-0.39, 0.29) is 11.9 Å². The van der Waals surface area contributed by atoms with Crippen LogP contribution in [0, 0.1) is 0 Å². The van der Waals surface area contributed by atoms with Gasteiger partial charge in [0.05, 0.1) is 25.6 Å². The summed E-state index contributed by atoms with van der Waals surface area (Å²) in [4.78, 5) is 16.8. The van der Waals surface area contributed by atoms with Crippen molar-refractivity contribution < 1.29 is 14.3 Å². The number of hydrogen-bond acceptors (Lipinski definition) is 6. The zero-order chi connectivity index (χ0) is 30.0. The number of methoxy groups -OCH3 is 2. The molecule has 218 valence electrons. The lowest BCUT2D eigenvalue weighted by atomic mass is 9.97. The Bertz CT molecular complexity index is 1870. The number of benzene rings is 3. The first-order valence-corrected chi connectivity index (χ1v) is 15.3. The lowest BCUT2D eigenvalue weighted by Crippen LogP contribution is -2.22. The first-order chi connectivity index (χ1) is 21.6. The van der Waals surface area contributed by atoms with E-state index in [4.69, 9.17) is 14.6 Å². The number of nitrogens with zero attached hydrogens (tertiary/aromatic N) is 3. The standard InChI is InChI=1S/C36H30N4O3S/c1-42-29-9-5-24(6-10-29)34(25-7-11-30(43-2)12-8-25)40-35-31-19-23(21-38-36(41)26-13-16-37-17-14-26)3-4-27(31)20-32(35)33(39-40)28-15-18-44-22-28/h3-19,22,34H,20-21H2,1-2H3,(H,38,41). The maximum atomic E-state index is 12.8. The van der Waals surface area contributed by atoms with Gasteiger partial charge >= 0.3 is 0 Å². The van der Waals surface area contributed by atoms with Gasteiger partial charge in [-0.2, -0.15) is 16.4 Å². The molecule has 1 N–H and O–H groups in total. The van der Waals surface area contributed by atoms with Crippen LogP contribution in [0.15, 0.2) is 108 Å². The summed E-state index contributed by atoms with van der Waals surface area (Å²) >= 11 is 1.67. The van der Waals surface area contributed by atoms with Crippen molar-refractivity contribution in [1.29, 1.82) is 0 Å². The molecule has 7 nitrogen and oxygen atoms in total. The third-order valence-electron chi connectivity index (χ3n) is 8.10. The van der Waals surface area contributed by atoms with Crippen LogP contribution in [0.25, 0.3) is 22.5 Å². The highest BCUT2D eigenvalue weighted by molar-refractivity contribution is 7.08. The molecule has 0 bridgehead atoms. The van der Waals surface area contributed by atoms with E-state index in [2.05, 4.69) is 74.3 Å². The molecule has 3 aromatic heterocycles. The largest absolute Gasteiger partial charge is 0.497 e. The van der Waals surface area contributed by atoms with E-state index in [1.165, 1.54) is 11.1 Å². The maximum absolute atomic E-state index is 12.8. The van der Waals surface area contributed by atoms with Crippen molar-refractivity contribution in [2.45, 2.75) is 19.0 Å². The Balaban J connectivity index is 1.34. The summed E-state index contributed by atoms with van der Waals surface area (Å²) in [5, 5.41) is 12.6. The van der Waals surface area contributed by atoms with Crippen LogP contribution in [0.5, 0.6) is 11.5 Å². The van der Waals surface area contributed by atoms with Gasteiger partial charge in [-0.15, -0.1) is 0 Å².